The Labute approximate surface area is 97.3 Å². The summed E-state index contributed by atoms with van der Waals surface area (Å²) in [6, 6.07) is 8.83. The summed E-state index contributed by atoms with van der Waals surface area (Å²) in [7, 11) is 0. The Morgan fingerprint density at radius 2 is 1.87 bits per heavy atom. The van der Waals surface area contributed by atoms with Crippen LogP contribution in [-0.4, -0.2) is 5.78 Å². The van der Waals surface area contributed by atoms with Crippen molar-refractivity contribution in [1.29, 1.82) is 0 Å². The zero-order valence-electron chi connectivity index (χ0n) is 8.16. The van der Waals surface area contributed by atoms with Crippen molar-refractivity contribution in [1.82, 2.24) is 0 Å². The highest BCUT2D eigenvalue weighted by atomic mass is 35.5. The Balaban J connectivity index is 2.37. The highest BCUT2D eigenvalue weighted by molar-refractivity contribution is 7.10. The van der Waals surface area contributed by atoms with E-state index in [9.17, 15) is 4.79 Å². The molecule has 1 nitrogen and oxygen atoms in total. The molecule has 0 aliphatic heterocycles. The number of hydrogen-bond acceptors (Lipinski definition) is 2. The minimum Gasteiger partial charge on any atom is -0.289 e. The number of aryl methyl sites for hydroxylation is 1. The maximum atomic E-state index is 12.0. The molecular formula is C12H9ClOS. The van der Waals surface area contributed by atoms with E-state index in [0.29, 0.717) is 10.6 Å². The van der Waals surface area contributed by atoms with E-state index in [4.69, 9.17) is 11.6 Å². The summed E-state index contributed by atoms with van der Waals surface area (Å²) in [5.41, 5.74) is 1.46. The molecule has 3 heteroatoms. The van der Waals surface area contributed by atoms with Gasteiger partial charge in [-0.25, -0.2) is 0 Å². The fraction of sp³-hybridized carbons (Fsp3) is 0.0833. The van der Waals surface area contributed by atoms with E-state index in [2.05, 4.69) is 0 Å². The third-order valence-electron chi connectivity index (χ3n) is 2.21. The molecule has 0 N–H and O–H groups in total. The van der Waals surface area contributed by atoms with Crippen molar-refractivity contribution in [2.75, 3.05) is 0 Å². The first kappa shape index (κ1) is 10.4. The minimum absolute atomic E-state index is 0.0606. The molecular weight excluding hydrogens is 228 g/mol. The minimum atomic E-state index is 0.0606. The van der Waals surface area contributed by atoms with E-state index in [1.54, 1.807) is 35.6 Å². The van der Waals surface area contributed by atoms with Gasteiger partial charge in [0, 0.05) is 21.0 Å². The summed E-state index contributed by atoms with van der Waals surface area (Å²) < 4.78 is 0. The van der Waals surface area contributed by atoms with E-state index in [1.165, 1.54) is 0 Å². The molecule has 0 spiro atoms. The third kappa shape index (κ3) is 2.11. The summed E-state index contributed by atoms with van der Waals surface area (Å²) in [5.74, 6) is 0.0606. The summed E-state index contributed by atoms with van der Waals surface area (Å²) >= 11 is 7.35. The number of rotatable bonds is 2. The van der Waals surface area contributed by atoms with Crippen LogP contribution >= 0.6 is 22.9 Å². The van der Waals surface area contributed by atoms with Crippen molar-refractivity contribution in [3.63, 3.8) is 0 Å². The van der Waals surface area contributed by atoms with Gasteiger partial charge in [-0.1, -0.05) is 11.6 Å². The third-order valence-corrected chi connectivity index (χ3v) is 3.31. The summed E-state index contributed by atoms with van der Waals surface area (Å²) in [6.45, 7) is 1.95. The van der Waals surface area contributed by atoms with Crippen molar-refractivity contribution in [3.8, 4) is 0 Å². The molecule has 0 radical (unpaired) electrons. The summed E-state index contributed by atoms with van der Waals surface area (Å²) in [6.07, 6.45) is 0. The van der Waals surface area contributed by atoms with E-state index in [0.717, 1.165) is 10.4 Å². The van der Waals surface area contributed by atoms with Crippen molar-refractivity contribution in [3.05, 3.63) is 56.7 Å². The highest BCUT2D eigenvalue weighted by Crippen LogP contribution is 2.20. The Kier molecular flexibility index (Phi) is 2.89. The van der Waals surface area contributed by atoms with Gasteiger partial charge in [0.2, 0.25) is 0 Å². The second-order valence-corrected chi connectivity index (χ2v) is 4.78. The largest absolute Gasteiger partial charge is 0.289 e. The van der Waals surface area contributed by atoms with Gasteiger partial charge in [-0.3, -0.25) is 4.79 Å². The number of ketones is 1. The van der Waals surface area contributed by atoms with Gasteiger partial charge in [0.15, 0.2) is 5.78 Å². The van der Waals surface area contributed by atoms with Crippen LogP contribution in [0.5, 0.6) is 0 Å². The fourth-order valence-corrected chi connectivity index (χ4v) is 2.20. The molecule has 0 bridgehead atoms. The van der Waals surface area contributed by atoms with E-state index in [-0.39, 0.29) is 5.78 Å². The molecule has 0 amide bonds. The van der Waals surface area contributed by atoms with Crippen LogP contribution in [0.3, 0.4) is 0 Å². The first-order valence-corrected chi connectivity index (χ1v) is 5.78. The Morgan fingerprint density at radius 1 is 1.20 bits per heavy atom. The number of benzene rings is 1. The van der Waals surface area contributed by atoms with E-state index < -0.39 is 0 Å². The fourth-order valence-electron chi connectivity index (χ4n) is 1.38. The average Bonchev–Trinajstić information content (AvgIpc) is 2.65. The first-order chi connectivity index (χ1) is 7.18. The van der Waals surface area contributed by atoms with Crippen LogP contribution in [-0.2, 0) is 0 Å². The van der Waals surface area contributed by atoms with Gasteiger partial charge < -0.3 is 0 Å². The Bertz CT molecular complexity index is 485. The molecule has 2 rings (SSSR count). The lowest BCUT2D eigenvalue weighted by molar-refractivity contribution is 0.103. The van der Waals surface area contributed by atoms with Crippen molar-refractivity contribution in [2.24, 2.45) is 0 Å². The number of thiophene rings is 1. The molecule has 0 saturated carbocycles. The molecule has 1 aromatic carbocycles. The normalized spacial score (nSPS) is 10.3. The lowest BCUT2D eigenvalue weighted by Gasteiger charge is -1.99. The predicted molar refractivity (Wildman–Crippen MR) is 63.9 cm³/mol. The maximum Gasteiger partial charge on any atom is 0.194 e. The van der Waals surface area contributed by atoms with Gasteiger partial charge in [0.05, 0.1) is 0 Å². The maximum absolute atomic E-state index is 12.0. The molecule has 2 aromatic rings. The quantitative estimate of drug-likeness (QED) is 0.722. The molecule has 0 saturated heterocycles. The van der Waals surface area contributed by atoms with Crippen molar-refractivity contribution >= 4 is 28.7 Å². The number of hydrogen-bond donors (Lipinski definition) is 0. The van der Waals surface area contributed by atoms with Gasteiger partial charge in [0.25, 0.3) is 0 Å². The average molecular weight is 237 g/mol. The first-order valence-electron chi connectivity index (χ1n) is 4.53. The van der Waals surface area contributed by atoms with Crippen LogP contribution in [0.2, 0.25) is 5.02 Å². The lowest BCUT2D eigenvalue weighted by Crippen LogP contribution is -2.00. The van der Waals surface area contributed by atoms with Gasteiger partial charge in [-0.05, 0) is 42.6 Å². The Hall–Kier alpha value is -1.12. The van der Waals surface area contributed by atoms with E-state index >= 15 is 0 Å². The van der Waals surface area contributed by atoms with Gasteiger partial charge in [0.1, 0.15) is 0 Å². The number of halogens is 1. The molecule has 1 heterocycles. The zero-order valence-corrected chi connectivity index (χ0v) is 9.73. The van der Waals surface area contributed by atoms with Crippen molar-refractivity contribution < 1.29 is 4.79 Å². The molecule has 0 atom stereocenters. The van der Waals surface area contributed by atoms with Gasteiger partial charge in [-0.2, -0.15) is 0 Å². The summed E-state index contributed by atoms with van der Waals surface area (Å²) in [4.78, 5) is 13.1. The SMILES string of the molecule is Cc1sccc1C(=O)c1ccc(Cl)cc1. The van der Waals surface area contributed by atoms with Crippen LogP contribution in [0.4, 0.5) is 0 Å². The Morgan fingerprint density at radius 3 is 2.40 bits per heavy atom. The van der Waals surface area contributed by atoms with Gasteiger partial charge >= 0.3 is 0 Å². The number of carbonyl (C=O) groups excluding carboxylic acids is 1. The van der Waals surface area contributed by atoms with Gasteiger partial charge in [-0.15, -0.1) is 11.3 Å². The molecule has 0 unspecified atom stereocenters. The topological polar surface area (TPSA) is 17.1 Å². The second-order valence-electron chi connectivity index (χ2n) is 3.23. The van der Waals surface area contributed by atoms with Crippen LogP contribution in [0.1, 0.15) is 20.8 Å². The molecule has 0 fully saturated rings. The van der Waals surface area contributed by atoms with Crippen LogP contribution in [0.15, 0.2) is 35.7 Å². The van der Waals surface area contributed by atoms with Crippen molar-refractivity contribution in [2.45, 2.75) is 6.92 Å². The van der Waals surface area contributed by atoms with E-state index in [1.807, 2.05) is 18.4 Å². The summed E-state index contributed by atoms with van der Waals surface area (Å²) in [5, 5.41) is 2.58. The monoisotopic (exact) mass is 236 g/mol. The highest BCUT2D eigenvalue weighted by Gasteiger charge is 2.11. The molecule has 76 valence electrons. The second kappa shape index (κ2) is 4.17. The molecule has 0 aliphatic carbocycles. The predicted octanol–water partition coefficient (Wildman–Crippen LogP) is 3.94. The standard InChI is InChI=1S/C12H9ClOS/c1-8-11(6-7-15-8)12(14)9-2-4-10(13)5-3-9/h2-7H,1H3. The smallest absolute Gasteiger partial charge is 0.194 e. The molecule has 15 heavy (non-hydrogen) atoms. The zero-order chi connectivity index (χ0) is 10.8. The molecule has 1 aromatic heterocycles. The molecule has 0 aliphatic rings. The lowest BCUT2D eigenvalue weighted by atomic mass is 10.0. The van der Waals surface area contributed by atoms with Crippen LogP contribution in [0.25, 0.3) is 0 Å². The number of carbonyl (C=O) groups is 1. The van der Waals surface area contributed by atoms with Crippen LogP contribution in [0, 0.1) is 6.92 Å². The van der Waals surface area contributed by atoms with Crippen LogP contribution < -0.4 is 0 Å².